The lowest BCUT2D eigenvalue weighted by molar-refractivity contribution is -0.0412. The largest absolute Gasteiger partial charge is 0.494 e. The molecular formula is C15H23NO3. The normalized spacial score (nSPS) is 21.9. The Morgan fingerprint density at radius 3 is 2.68 bits per heavy atom. The van der Waals surface area contributed by atoms with Crippen LogP contribution < -0.4 is 14.8 Å². The van der Waals surface area contributed by atoms with Crippen molar-refractivity contribution in [2.75, 3.05) is 26.4 Å². The summed E-state index contributed by atoms with van der Waals surface area (Å²) in [5.41, 5.74) is 0.0609. The molecule has 0 aromatic heterocycles. The van der Waals surface area contributed by atoms with Gasteiger partial charge in [-0.2, -0.15) is 0 Å². The van der Waals surface area contributed by atoms with Gasteiger partial charge in [-0.1, -0.05) is 6.07 Å². The van der Waals surface area contributed by atoms with Crippen LogP contribution in [0.15, 0.2) is 24.3 Å². The first-order valence-corrected chi connectivity index (χ1v) is 6.81. The third kappa shape index (κ3) is 4.40. The lowest BCUT2D eigenvalue weighted by Crippen LogP contribution is -2.54. The van der Waals surface area contributed by atoms with Gasteiger partial charge in [-0.15, -0.1) is 0 Å². The first kappa shape index (κ1) is 14.2. The van der Waals surface area contributed by atoms with Gasteiger partial charge >= 0.3 is 0 Å². The quantitative estimate of drug-likeness (QED) is 0.886. The predicted octanol–water partition coefficient (Wildman–Crippen LogP) is 2.23. The van der Waals surface area contributed by atoms with E-state index >= 15 is 0 Å². The molecular weight excluding hydrogens is 242 g/mol. The number of benzene rings is 1. The standard InChI is InChI=1S/C15H23NO3/c1-4-17-12-6-5-7-13(8-12)18-10-14-9-16-15(2,3)11-19-14/h5-8,14,16H,4,9-11H2,1-3H3. The minimum atomic E-state index is 0.0609. The second kappa shape index (κ2) is 6.26. The fourth-order valence-corrected chi connectivity index (χ4v) is 1.94. The average Bonchev–Trinajstić information content (AvgIpc) is 2.38. The van der Waals surface area contributed by atoms with E-state index in [2.05, 4.69) is 19.2 Å². The Hall–Kier alpha value is -1.26. The van der Waals surface area contributed by atoms with Crippen LogP contribution in [0.1, 0.15) is 20.8 Å². The van der Waals surface area contributed by atoms with Gasteiger partial charge in [0, 0.05) is 18.2 Å². The summed E-state index contributed by atoms with van der Waals surface area (Å²) < 4.78 is 17.0. The summed E-state index contributed by atoms with van der Waals surface area (Å²) in [5, 5.41) is 3.45. The van der Waals surface area contributed by atoms with Crippen LogP contribution in [0.25, 0.3) is 0 Å². The maximum Gasteiger partial charge on any atom is 0.123 e. The number of ether oxygens (including phenoxy) is 3. The Kier molecular flexibility index (Phi) is 4.66. The van der Waals surface area contributed by atoms with E-state index in [1.165, 1.54) is 0 Å². The second-order valence-corrected chi connectivity index (χ2v) is 5.42. The van der Waals surface area contributed by atoms with Crippen LogP contribution in [0.4, 0.5) is 0 Å². The van der Waals surface area contributed by atoms with Crippen LogP contribution in [0, 0.1) is 0 Å². The summed E-state index contributed by atoms with van der Waals surface area (Å²) in [7, 11) is 0. The van der Waals surface area contributed by atoms with Crippen molar-refractivity contribution < 1.29 is 14.2 Å². The second-order valence-electron chi connectivity index (χ2n) is 5.42. The fourth-order valence-electron chi connectivity index (χ4n) is 1.94. The van der Waals surface area contributed by atoms with Gasteiger partial charge < -0.3 is 19.5 Å². The van der Waals surface area contributed by atoms with E-state index in [1.807, 2.05) is 31.2 Å². The molecule has 4 heteroatoms. The molecule has 0 bridgehead atoms. The average molecular weight is 265 g/mol. The highest BCUT2D eigenvalue weighted by Gasteiger charge is 2.26. The van der Waals surface area contributed by atoms with Crippen LogP contribution in [0.3, 0.4) is 0 Å². The molecule has 0 saturated carbocycles. The van der Waals surface area contributed by atoms with Crippen molar-refractivity contribution in [2.24, 2.45) is 0 Å². The predicted molar refractivity (Wildman–Crippen MR) is 74.9 cm³/mol. The molecule has 1 aliphatic rings. The lowest BCUT2D eigenvalue weighted by Gasteiger charge is -2.35. The van der Waals surface area contributed by atoms with Crippen molar-refractivity contribution in [2.45, 2.75) is 32.4 Å². The minimum absolute atomic E-state index is 0.0609. The molecule has 1 atom stereocenters. The molecule has 0 aliphatic carbocycles. The van der Waals surface area contributed by atoms with E-state index in [0.717, 1.165) is 18.0 Å². The number of morpholine rings is 1. The van der Waals surface area contributed by atoms with E-state index < -0.39 is 0 Å². The fraction of sp³-hybridized carbons (Fsp3) is 0.600. The molecule has 0 spiro atoms. The van der Waals surface area contributed by atoms with E-state index in [-0.39, 0.29) is 11.6 Å². The zero-order valence-corrected chi connectivity index (χ0v) is 11.9. The van der Waals surface area contributed by atoms with Crippen LogP contribution in [0.5, 0.6) is 11.5 Å². The SMILES string of the molecule is CCOc1cccc(OCC2CNC(C)(C)CO2)c1. The van der Waals surface area contributed by atoms with Crippen molar-refractivity contribution in [1.29, 1.82) is 0 Å². The first-order chi connectivity index (χ1) is 9.09. The molecule has 1 aromatic carbocycles. The molecule has 2 rings (SSSR count). The smallest absolute Gasteiger partial charge is 0.123 e. The number of rotatable bonds is 5. The van der Waals surface area contributed by atoms with Crippen molar-refractivity contribution in [3.63, 3.8) is 0 Å². The highest BCUT2D eigenvalue weighted by molar-refractivity contribution is 5.32. The summed E-state index contributed by atoms with van der Waals surface area (Å²) in [6, 6.07) is 7.70. The lowest BCUT2D eigenvalue weighted by atomic mass is 10.1. The molecule has 4 nitrogen and oxygen atoms in total. The van der Waals surface area contributed by atoms with E-state index in [4.69, 9.17) is 14.2 Å². The Bertz CT molecular complexity index is 396. The van der Waals surface area contributed by atoms with Crippen LogP contribution in [-0.4, -0.2) is 38.0 Å². The molecule has 1 aromatic rings. The molecule has 106 valence electrons. The monoisotopic (exact) mass is 265 g/mol. The maximum atomic E-state index is 5.77. The van der Waals surface area contributed by atoms with E-state index in [9.17, 15) is 0 Å². The number of nitrogens with one attached hydrogen (secondary N) is 1. The summed E-state index contributed by atoms with van der Waals surface area (Å²) in [6.45, 7) is 8.98. The van der Waals surface area contributed by atoms with Gasteiger partial charge in [-0.3, -0.25) is 0 Å². The molecule has 19 heavy (non-hydrogen) atoms. The van der Waals surface area contributed by atoms with Crippen molar-refractivity contribution in [3.05, 3.63) is 24.3 Å². The summed E-state index contributed by atoms with van der Waals surface area (Å²) in [5.74, 6) is 1.66. The molecule has 1 N–H and O–H groups in total. The summed E-state index contributed by atoms with van der Waals surface area (Å²) in [6.07, 6.45) is 0.101. The van der Waals surface area contributed by atoms with Crippen LogP contribution in [0.2, 0.25) is 0 Å². The van der Waals surface area contributed by atoms with Gasteiger partial charge in [0.25, 0.3) is 0 Å². The third-order valence-electron chi connectivity index (χ3n) is 3.04. The van der Waals surface area contributed by atoms with Crippen LogP contribution in [-0.2, 0) is 4.74 Å². The highest BCUT2D eigenvalue weighted by atomic mass is 16.5. The Balaban J connectivity index is 1.81. The zero-order chi connectivity index (χ0) is 13.7. The maximum absolute atomic E-state index is 5.77. The molecule has 0 amide bonds. The Morgan fingerprint density at radius 1 is 1.32 bits per heavy atom. The van der Waals surface area contributed by atoms with Crippen molar-refractivity contribution in [3.8, 4) is 11.5 Å². The highest BCUT2D eigenvalue weighted by Crippen LogP contribution is 2.20. The molecule has 0 radical (unpaired) electrons. The number of hydrogen-bond acceptors (Lipinski definition) is 4. The summed E-state index contributed by atoms with van der Waals surface area (Å²) in [4.78, 5) is 0. The zero-order valence-electron chi connectivity index (χ0n) is 11.9. The molecule has 1 saturated heterocycles. The van der Waals surface area contributed by atoms with Crippen molar-refractivity contribution >= 4 is 0 Å². The molecule has 1 heterocycles. The number of hydrogen-bond donors (Lipinski definition) is 1. The topological polar surface area (TPSA) is 39.7 Å². The van der Waals surface area contributed by atoms with E-state index in [1.54, 1.807) is 0 Å². The van der Waals surface area contributed by atoms with Crippen LogP contribution >= 0.6 is 0 Å². The Morgan fingerprint density at radius 2 is 2.05 bits per heavy atom. The minimum Gasteiger partial charge on any atom is -0.494 e. The van der Waals surface area contributed by atoms with Gasteiger partial charge in [0.15, 0.2) is 0 Å². The Labute approximate surface area is 115 Å². The van der Waals surface area contributed by atoms with E-state index in [0.29, 0.717) is 19.8 Å². The van der Waals surface area contributed by atoms with Gasteiger partial charge in [0.2, 0.25) is 0 Å². The van der Waals surface area contributed by atoms with Gasteiger partial charge in [-0.25, -0.2) is 0 Å². The molecule has 1 unspecified atom stereocenters. The molecule has 1 aliphatic heterocycles. The van der Waals surface area contributed by atoms with Gasteiger partial charge in [0.05, 0.1) is 13.2 Å². The third-order valence-corrected chi connectivity index (χ3v) is 3.04. The van der Waals surface area contributed by atoms with Crippen molar-refractivity contribution in [1.82, 2.24) is 5.32 Å². The van der Waals surface area contributed by atoms with Gasteiger partial charge in [-0.05, 0) is 32.9 Å². The van der Waals surface area contributed by atoms with Gasteiger partial charge in [0.1, 0.15) is 24.2 Å². The summed E-state index contributed by atoms with van der Waals surface area (Å²) >= 11 is 0. The first-order valence-electron chi connectivity index (χ1n) is 6.81. The molecule has 1 fully saturated rings.